The molecule has 2 heterocycles. The standard InChI is InChI=1S/C29H37N5O4S/c1-5-23(3)34(39(36,37)26-13-11-25(38-4)12-14-26)21-29(35)33-18-6-17-32(19-20-33)28-16-15-27(30-31-28)24-9-7-22(2)8-10-24/h7-16,23H,5-6,17-21H2,1-4H3/t23-/m1/s1. The molecular weight excluding hydrogens is 514 g/mol. The zero-order valence-corrected chi connectivity index (χ0v) is 23.9. The summed E-state index contributed by atoms with van der Waals surface area (Å²) in [7, 11) is -2.33. The minimum atomic E-state index is -3.86. The van der Waals surface area contributed by atoms with E-state index in [9.17, 15) is 13.2 Å². The molecule has 0 N–H and O–H groups in total. The maximum Gasteiger partial charge on any atom is 0.243 e. The van der Waals surface area contributed by atoms with Crippen molar-refractivity contribution in [1.29, 1.82) is 0 Å². The van der Waals surface area contributed by atoms with E-state index in [1.807, 2.05) is 45.0 Å². The molecule has 39 heavy (non-hydrogen) atoms. The number of aromatic nitrogens is 2. The second-order valence-corrected chi connectivity index (χ2v) is 11.7. The van der Waals surface area contributed by atoms with Crippen LogP contribution in [0.3, 0.4) is 0 Å². The first kappa shape index (κ1) is 28.5. The monoisotopic (exact) mass is 551 g/mol. The quantitative estimate of drug-likeness (QED) is 0.397. The van der Waals surface area contributed by atoms with Crippen LogP contribution in [0.2, 0.25) is 0 Å². The van der Waals surface area contributed by atoms with Crippen LogP contribution in [0, 0.1) is 6.92 Å². The minimum Gasteiger partial charge on any atom is -0.497 e. The van der Waals surface area contributed by atoms with Gasteiger partial charge in [-0.15, -0.1) is 10.2 Å². The number of carbonyl (C=O) groups is 1. The fourth-order valence-corrected chi connectivity index (χ4v) is 6.22. The van der Waals surface area contributed by atoms with Gasteiger partial charge >= 0.3 is 0 Å². The average molecular weight is 552 g/mol. The summed E-state index contributed by atoms with van der Waals surface area (Å²) in [5, 5.41) is 8.87. The van der Waals surface area contributed by atoms with Gasteiger partial charge in [-0.1, -0.05) is 36.8 Å². The van der Waals surface area contributed by atoms with Crippen LogP contribution in [0.4, 0.5) is 5.82 Å². The Morgan fingerprint density at radius 1 is 0.974 bits per heavy atom. The topological polar surface area (TPSA) is 95.9 Å². The Morgan fingerprint density at radius 3 is 2.31 bits per heavy atom. The van der Waals surface area contributed by atoms with Crippen LogP contribution in [-0.2, 0) is 14.8 Å². The molecule has 4 rings (SSSR count). The van der Waals surface area contributed by atoms with E-state index in [4.69, 9.17) is 4.74 Å². The lowest BCUT2D eigenvalue weighted by Gasteiger charge is -2.30. The number of nitrogens with zero attached hydrogens (tertiary/aromatic N) is 5. The van der Waals surface area contributed by atoms with Gasteiger partial charge in [-0.2, -0.15) is 4.31 Å². The number of amides is 1. The van der Waals surface area contributed by atoms with Gasteiger partial charge in [0, 0.05) is 37.8 Å². The van der Waals surface area contributed by atoms with E-state index in [2.05, 4.69) is 27.2 Å². The van der Waals surface area contributed by atoms with E-state index in [1.165, 1.54) is 29.1 Å². The van der Waals surface area contributed by atoms with Gasteiger partial charge in [0.1, 0.15) is 5.75 Å². The molecule has 0 unspecified atom stereocenters. The minimum absolute atomic E-state index is 0.145. The Labute approximate surface area is 231 Å². The first-order valence-electron chi connectivity index (χ1n) is 13.3. The Kier molecular flexibility index (Phi) is 9.19. The molecule has 0 bridgehead atoms. The van der Waals surface area contributed by atoms with Crippen molar-refractivity contribution in [2.24, 2.45) is 0 Å². The van der Waals surface area contributed by atoms with Crippen LogP contribution in [-0.4, -0.2) is 79.6 Å². The van der Waals surface area contributed by atoms with Gasteiger partial charge in [-0.3, -0.25) is 4.79 Å². The lowest BCUT2D eigenvalue weighted by atomic mass is 10.1. The number of aryl methyl sites for hydroxylation is 1. The lowest BCUT2D eigenvalue weighted by Crippen LogP contribution is -2.47. The maximum absolute atomic E-state index is 13.5. The zero-order valence-electron chi connectivity index (χ0n) is 23.1. The molecule has 2 aromatic carbocycles. The molecule has 10 heteroatoms. The van der Waals surface area contributed by atoms with Gasteiger partial charge in [0.15, 0.2) is 5.82 Å². The number of rotatable bonds is 9. The van der Waals surface area contributed by atoms with Crippen molar-refractivity contribution in [2.45, 2.75) is 44.6 Å². The number of methoxy groups -OCH3 is 1. The highest BCUT2D eigenvalue weighted by atomic mass is 32.2. The molecule has 1 aromatic heterocycles. The zero-order chi connectivity index (χ0) is 28.0. The highest BCUT2D eigenvalue weighted by molar-refractivity contribution is 7.89. The summed E-state index contributed by atoms with van der Waals surface area (Å²) in [6.45, 7) is 7.97. The van der Waals surface area contributed by atoms with Crippen molar-refractivity contribution in [2.75, 3.05) is 44.7 Å². The SMILES string of the molecule is CC[C@@H](C)N(CC(=O)N1CCCN(c2ccc(-c3ccc(C)cc3)nn2)CC1)S(=O)(=O)c1ccc(OC)cc1. The average Bonchev–Trinajstić information content (AvgIpc) is 3.22. The third-order valence-corrected chi connectivity index (χ3v) is 9.18. The number of hydrogen-bond donors (Lipinski definition) is 0. The Hall–Kier alpha value is -3.50. The Balaban J connectivity index is 1.42. The summed E-state index contributed by atoms with van der Waals surface area (Å²) in [6.07, 6.45) is 1.34. The fourth-order valence-electron chi connectivity index (χ4n) is 4.57. The maximum atomic E-state index is 13.5. The van der Waals surface area contributed by atoms with Gasteiger partial charge in [0.05, 0.1) is 24.2 Å². The predicted octanol–water partition coefficient (Wildman–Crippen LogP) is 3.99. The predicted molar refractivity (Wildman–Crippen MR) is 152 cm³/mol. The van der Waals surface area contributed by atoms with Crippen molar-refractivity contribution in [1.82, 2.24) is 19.4 Å². The van der Waals surface area contributed by atoms with Gasteiger partial charge < -0.3 is 14.5 Å². The summed E-state index contributed by atoms with van der Waals surface area (Å²) in [5.74, 6) is 1.14. The summed E-state index contributed by atoms with van der Waals surface area (Å²) >= 11 is 0. The molecule has 1 amide bonds. The Morgan fingerprint density at radius 2 is 1.69 bits per heavy atom. The fraction of sp³-hybridized carbons (Fsp3) is 0.414. The number of sulfonamides is 1. The smallest absolute Gasteiger partial charge is 0.243 e. The number of benzene rings is 2. The van der Waals surface area contributed by atoms with E-state index in [0.29, 0.717) is 31.8 Å². The first-order valence-corrected chi connectivity index (χ1v) is 14.8. The molecule has 1 atom stereocenters. The van der Waals surface area contributed by atoms with Crippen LogP contribution >= 0.6 is 0 Å². The molecule has 1 aliphatic rings. The van der Waals surface area contributed by atoms with E-state index >= 15 is 0 Å². The molecule has 1 aliphatic heterocycles. The molecule has 208 valence electrons. The normalized spacial score (nSPS) is 15.2. The highest BCUT2D eigenvalue weighted by Crippen LogP contribution is 2.23. The Bertz CT molecular complexity index is 1350. The van der Waals surface area contributed by atoms with Crippen LogP contribution in [0.5, 0.6) is 5.75 Å². The van der Waals surface area contributed by atoms with Gasteiger partial charge in [-0.25, -0.2) is 8.42 Å². The number of hydrogen-bond acceptors (Lipinski definition) is 7. The van der Waals surface area contributed by atoms with Crippen molar-refractivity contribution in [3.8, 4) is 17.0 Å². The van der Waals surface area contributed by atoms with Crippen molar-refractivity contribution in [3.05, 3.63) is 66.2 Å². The summed E-state index contributed by atoms with van der Waals surface area (Å²) in [6, 6.07) is 18.0. The number of anilines is 1. The van der Waals surface area contributed by atoms with Crippen molar-refractivity contribution in [3.63, 3.8) is 0 Å². The molecule has 1 fully saturated rings. The molecule has 1 saturated heterocycles. The molecule has 9 nitrogen and oxygen atoms in total. The molecule has 0 aliphatic carbocycles. The van der Waals surface area contributed by atoms with Gasteiger partial charge in [0.2, 0.25) is 15.9 Å². The van der Waals surface area contributed by atoms with Crippen LogP contribution in [0.25, 0.3) is 11.3 Å². The lowest BCUT2D eigenvalue weighted by molar-refractivity contribution is -0.131. The van der Waals surface area contributed by atoms with Gasteiger partial charge in [-0.05, 0) is 63.1 Å². The molecular formula is C29H37N5O4S. The van der Waals surface area contributed by atoms with Crippen LogP contribution in [0.15, 0.2) is 65.6 Å². The molecule has 0 spiro atoms. The third kappa shape index (κ3) is 6.75. The molecule has 0 saturated carbocycles. The second kappa shape index (κ2) is 12.6. The van der Waals surface area contributed by atoms with Gasteiger partial charge in [0.25, 0.3) is 0 Å². The summed E-state index contributed by atoms with van der Waals surface area (Å²) in [5.41, 5.74) is 3.02. The van der Waals surface area contributed by atoms with Crippen LogP contribution in [0.1, 0.15) is 32.3 Å². The first-order chi connectivity index (χ1) is 18.7. The van der Waals surface area contributed by atoms with E-state index in [1.54, 1.807) is 17.0 Å². The molecule has 3 aromatic rings. The number of carbonyl (C=O) groups excluding carboxylic acids is 1. The molecule has 0 radical (unpaired) electrons. The second-order valence-electron chi connectivity index (χ2n) is 9.85. The van der Waals surface area contributed by atoms with Crippen LogP contribution < -0.4 is 9.64 Å². The number of ether oxygens (including phenoxy) is 1. The van der Waals surface area contributed by atoms with E-state index < -0.39 is 10.0 Å². The largest absolute Gasteiger partial charge is 0.497 e. The van der Waals surface area contributed by atoms with Crippen molar-refractivity contribution < 1.29 is 17.9 Å². The summed E-state index contributed by atoms with van der Waals surface area (Å²) in [4.78, 5) is 17.4. The third-order valence-electron chi connectivity index (χ3n) is 7.21. The van der Waals surface area contributed by atoms with E-state index in [-0.39, 0.29) is 23.4 Å². The summed E-state index contributed by atoms with van der Waals surface area (Å²) < 4.78 is 33.5. The highest BCUT2D eigenvalue weighted by Gasteiger charge is 2.32. The van der Waals surface area contributed by atoms with E-state index in [0.717, 1.165) is 30.0 Å². The van der Waals surface area contributed by atoms with Crippen molar-refractivity contribution >= 4 is 21.7 Å².